The molecule has 1 N–H and O–H groups in total. The predicted molar refractivity (Wildman–Crippen MR) is 64.3 cm³/mol. The molecule has 0 radical (unpaired) electrons. The van der Waals surface area contributed by atoms with Gasteiger partial charge in [0.15, 0.2) is 5.78 Å². The normalized spacial score (nSPS) is 17.1. The number of phenolic OH excluding ortho intramolecular Hbond substituents is 1. The first-order valence-corrected chi connectivity index (χ1v) is 5.93. The molecule has 0 heterocycles. The van der Waals surface area contributed by atoms with E-state index in [0.717, 1.165) is 18.4 Å². The fourth-order valence-electron chi connectivity index (χ4n) is 2.36. The van der Waals surface area contributed by atoms with Crippen LogP contribution in [0.25, 0.3) is 0 Å². The average Bonchev–Trinajstić information content (AvgIpc) is 2.30. The third-order valence-corrected chi connectivity index (χ3v) is 3.41. The van der Waals surface area contributed by atoms with E-state index in [1.807, 2.05) is 6.07 Å². The SMILES string of the molecule is CC(=O)c1cc(C2CCC(=O)CC2)ccc1O. The standard InChI is InChI=1S/C14H16O3/c1-9(15)13-8-11(4-7-14(13)17)10-2-5-12(16)6-3-10/h4,7-8,10,17H,2-3,5-6H2,1H3. The molecule has 0 atom stereocenters. The minimum absolute atomic E-state index is 0.0353. The molecule has 0 bridgehead atoms. The van der Waals surface area contributed by atoms with Crippen molar-refractivity contribution in [2.45, 2.75) is 38.5 Å². The van der Waals surface area contributed by atoms with E-state index in [2.05, 4.69) is 0 Å². The molecule has 1 saturated carbocycles. The lowest BCUT2D eigenvalue weighted by Crippen LogP contribution is -2.12. The molecule has 0 unspecified atom stereocenters. The summed E-state index contributed by atoms with van der Waals surface area (Å²) < 4.78 is 0. The molecule has 0 amide bonds. The van der Waals surface area contributed by atoms with Crippen LogP contribution in [0.1, 0.15) is 54.4 Å². The molecule has 17 heavy (non-hydrogen) atoms. The van der Waals surface area contributed by atoms with Gasteiger partial charge in [-0.15, -0.1) is 0 Å². The number of carbonyl (C=O) groups is 2. The molecule has 90 valence electrons. The molecule has 2 rings (SSSR count). The van der Waals surface area contributed by atoms with Gasteiger partial charge < -0.3 is 5.11 Å². The lowest BCUT2D eigenvalue weighted by molar-refractivity contribution is -0.120. The van der Waals surface area contributed by atoms with E-state index in [9.17, 15) is 14.7 Å². The van der Waals surface area contributed by atoms with Crippen molar-refractivity contribution in [3.05, 3.63) is 29.3 Å². The third-order valence-electron chi connectivity index (χ3n) is 3.41. The highest BCUT2D eigenvalue weighted by Gasteiger charge is 2.21. The molecule has 1 aromatic carbocycles. The average molecular weight is 232 g/mol. The van der Waals surface area contributed by atoms with E-state index in [-0.39, 0.29) is 11.5 Å². The Kier molecular flexibility index (Phi) is 3.27. The van der Waals surface area contributed by atoms with Gasteiger partial charge in [-0.1, -0.05) is 6.07 Å². The summed E-state index contributed by atoms with van der Waals surface area (Å²) in [5.74, 6) is 0.572. The molecule has 1 aliphatic carbocycles. The number of hydrogen-bond donors (Lipinski definition) is 1. The summed E-state index contributed by atoms with van der Waals surface area (Å²) in [7, 11) is 0. The van der Waals surface area contributed by atoms with Gasteiger partial charge in [-0.05, 0) is 43.4 Å². The Labute approximate surface area is 100 Å². The van der Waals surface area contributed by atoms with Gasteiger partial charge in [-0.2, -0.15) is 0 Å². The number of Topliss-reactive ketones (excluding diaryl/α,β-unsaturated/α-hetero) is 2. The Morgan fingerprint density at radius 3 is 2.53 bits per heavy atom. The molecule has 1 fully saturated rings. The lowest BCUT2D eigenvalue weighted by atomic mass is 9.83. The van der Waals surface area contributed by atoms with Crippen molar-refractivity contribution in [2.24, 2.45) is 0 Å². The maximum atomic E-state index is 11.3. The summed E-state index contributed by atoms with van der Waals surface area (Å²) in [4.78, 5) is 22.5. The molecular weight excluding hydrogens is 216 g/mol. The van der Waals surface area contributed by atoms with Gasteiger partial charge in [-0.25, -0.2) is 0 Å². The topological polar surface area (TPSA) is 54.4 Å². The number of carbonyl (C=O) groups excluding carboxylic acids is 2. The molecule has 0 aromatic heterocycles. The van der Waals surface area contributed by atoms with Crippen LogP contribution in [0, 0.1) is 0 Å². The van der Waals surface area contributed by atoms with Gasteiger partial charge in [0.1, 0.15) is 11.5 Å². The van der Waals surface area contributed by atoms with Crippen LogP contribution in [0.3, 0.4) is 0 Å². The maximum Gasteiger partial charge on any atom is 0.163 e. The van der Waals surface area contributed by atoms with E-state index >= 15 is 0 Å². The zero-order chi connectivity index (χ0) is 12.4. The molecule has 0 saturated heterocycles. The summed E-state index contributed by atoms with van der Waals surface area (Å²) >= 11 is 0. The molecule has 1 aromatic rings. The Bertz CT molecular complexity index is 453. The minimum Gasteiger partial charge on any atom is -0.507 e. The van der Waals surface area contributed by atoms with Gasteiger partial charge in [0, 0.05) is 12.8 Å². The number of rotatable bonds is 2. The van der Waals surface area contributed by atoms with Crippen LogP contribution in [0.15, 0.2) is 18.2 Å². The monoisotopic (exact) mass is 232 g/mol. The zero-order valence-corrected chi connectivity index (χ0v) is 9.90. The number of benzene rings is 1. The smallest absolute Gasteiger partial charge is 0.163 e. The molecule has 0 aliphatic heterocycles. The van der Waals surface area contributed by atoms with Crippen LogP contribution in [0.2, 0.25) is 0 Å². The van der Waals surface area contributed by atoms with Gasteiger partial charge in [0.05, 0.1) is 5.56 Å². The zero-order valence-electron chi connectivity index (χ0n) is 9.90. The van der Waals surface area contributed by atoms with Crippen molar-refractivity contribution >= 4 is 11.6 Å². The molecule has 1 aliphatic rings. The van der Waals surface area contributed by atoms with Gasteiger partial charge in [-0.3, -0.25) is 9.59 Å². The van der Waals surface area contributed by atoms with Crippen LogP contribution in [-0.4, -0.2) is 16.7 Å². The second kappa shape index (κ2) is 4.70. The van der Waals surface area contributed by atoms with E-state index < -0.39 is 0 Å². The van der Waals surface area contributed by atoms with Crippen molar-refractivity contribution in [3.8, 4) is 5.75 Å². The van der Waals surface area contributed by atoms with E-state index in [1.165, 1.54) is 6.92 Å². The van der Waals surface area contributed by atoms with Crippen molar-refractivity contribution in [2.75, 3.05) is 0 Å². The number of phenols is 1. The Balaban J connectivity index is 2.24. The maximum absolute atomic E-state index is 11.3. The fraction of sp³-hybridized carbons (Fsp3) is 0.429. The van der Waals surface area contributed by atoms with E-state index in [1.54, 1.807) is 12.1 Å². The number of aromatic hydroxyl groups is 1. The van der Waals surface area contributed by atoms with Gasteiger partial charge in [0.25, 0.3) is 0 Å². The largest absolute Gasteiger partial charge is 0.507 e. The molecule has 0 spiro atoms. The summed E-state index contributed by atoms with van der Waals surface area (Å²) in [6, 6.07) is 5.18. The van der Waals surface area contributed by atoms with E-state index in [4.69, 9.17) is 0 Å². The van der Waals surface area contributed by atoms with Crippen LogP contribution in [-0.2, 0) is 4.79 Å². The third kappa shape index (κ3) is 2.54. The lowest BCUT2D eigenvalue weighted by Gasteiger charge is -2.21. The fourth-order valence-corrected chi connectivity index (χ4v) is 2.36. The van der Waals surface area contributed by atoms with Crippen LogP contribution >= 0.6 is 0 Å². The Hall–Kier alpha value is -1.64. The van der Waals surface area contributed by atoms with Crippen LogP contribution in [0.4, 0.5) is 0 Å². The Morgan fingerprint density at radius 1 is 1.29 bits per heavy atom. The van der Waals surface area contributed by atoms with Crippen molar-refractivity contribution in [3.63, 3.8) is 0 Å². The van der Waals surface area contributed by atoms with Gasteiger partial charge >= 0.3 is 0 Å². The summed E-state index contributed by atoms with van der Waals surface area (Å²) in [5, 5.41) is 9.57. The molecular formula is C14H16O3. The summed E-state index contributed by atoms with van der Waals surface area (Å²) in [5.41, 5.74) is 1.43. The molecule has 3 heteroatoms. The van der Waals surface area contributed by atoms with Crippen LogP contribution < -0.4 is 0 Å². The molecule has 3 nitrogen and oxygen atoms in total. The van der Waals surface area contributed by atoms with Crippen LogP contribution in [0.5, 0.6) is 5.75 Å². The summed E-state index contributed by atoms with van der Waals surface area (Å²) in [6.45, 7) is 1.45. The highest BCUT2D eigenvalue weighted by atomic mass is 16.3. The summed E-state index contributed by atoms with van der Waals surface area (Å²) in [6.07, 6.45) is 2.95. The van der Waals surface area contributed by atoms with Crippen molar-refractivity contribution in [1.29, 1.82) is 0 Å². The quantitative estimate of drug-likeness (QED) is 0.798. The van der Waals surface area contributed by atoms with Crippen molar-refractivity contribution in [1.82, 2.24) is 0 Å². The second-order valence-corrected chi connectivity index (χ2v) is 4.65. The van der Waals surface area contributed by atoms with Crippen molar-refractivity contribution < 1.29 is 14.7 Å². The minimum atomic E-state index is -0.128. The predicted octanol–water partition coefficient (Wildman–Crippen LogP) is 2.82. The first-order valence-electron chi connectivity index (χ1n) is 5.93. The van der Waals surface area contributed by atoms with Gasteiger partial charge in [0.2, 0.25) is 0 Å². The second-order valence-electron chi connectivity index (χ2n) is 4.65. The Morgan fingerprint density at radius 2 is 1.94 bits per heavy atom. The first-order chi connectivity index (χ1) is 8.08. The number of ketones is 2. The highest BCUT2D eigenvalue weighted by Crippen LogP contribution is 2.33. The highest BCUT2D eigenvalue weighted by molar-refractivity contribution is 5.96. The number of hydrogen-bond acceptors (Lipinski definition) is 3. The first kappa shape index (κ1) is 11.8. The van der Waals surface area contributed by atoms with E-state index in [0.29, 0.717) is 30.1 Å².